The third kappa shape index (κ3) is 3.89. The molecule has 1 aromatic heterocycles. The summed E-state index contributed by atoms with van der Waals surface area (Å²) >= 11 is 6.02. The number of rotatable bonds is 5. The Morgan fingerprint density at radius 3 is 2.63 bits per heavy atom. The maximum atomic E-state index is 13.1. The van der Waals surface area contributed by atoms with Crippen molar-refractivity contribution in [3.63, 3.8) is 0 Å². The van der Waals surface area contributed by atoms with Gasteiger partial charge in [-0.15, -0.1) is 0 Å². The van der Waals surface area contributed by atoms with Crippen molar-refractivity contribution in [2.24, 2.45) is 5.41 Å². The Bertz CT molecular complexity index is 1000. The molecule has 2 heterocycles. The summed E-state index contributed by atoms with van der Waals surface area (Å²) in [4.78, 5) is 19.9. The van der Waals surface area contributed by atoms with Crippen molar-refractivity contribution < 1.29 is 4.79 Å². The van der Waals surface area contributed by atoms with Gasteiger partial charge in [0.15, 0.2) is 0 Å². The smallest absolute Gasteiger partial charge is 0.226 e. The number of nitrogens with zero attached hydrogens (tertiary/aromatic N) is 3. The number of pyridine rings is 1. The Morgan fingerprint density at radius 2 is 2.00 bits per heavy atom. The van der Waals surface area contributed by atoms with Crippen molar-refractivity contribution in [1.82, 2.24) is 10.3 Å². The maximum Gasteiger partial charge on any atom is 0.226 e. The molecule has 1 N–H and O–H groups in total. The fourth-order valence-corrected chi connectivity index (χ4v) is 4.67. The van der Waals surface area contributed by atoms with Gasteiger partial charge in [-0.1, -0.05) is 24.6 Å². The van der Waals surface area contributed by atoms with E-state index in [0.717, 1.165) is 50.2 Å². The molecule has 6 heteroatoms. The van der Waals surface area contributed by atoms with E-state index in [1.54, 1.807) is 6.07 Å². The highest BCUT2D eigenvalue weighted by atomic mass is 35.5. The van der Waals surface area contributed by atoms with Gasteiger partial charge in [0.05, 0.1) is 16.9 Å². The van der Waals surface area contributed by atoms with Crippen molar-refractivity contribution in [3.8, 4) is 6.07 Å². The standard InChI is InChI=1S/C24H27ClN4O/c1-17-4-3-11-27-21(17)24(7-8-24)16-28-22(30)23(2)9-12-29(13-10-23)20-6-5-19(25)14-18(20)15-26/h3-6,11,14H,7-10,12-13,16H2,1-2H3,(H,28,30). The predicted octanol–water partition coefficient (Wildman–Crippen LogP) is 4.37. The number of carbonyl (C=O) groups excluding carboxylic acids is 1. The van der Waals surface area contributed by atoms with Crippen LogP contribution in [-0.4, -0.2) is 30.5 Å². The molecule has 4 rings (SSSR count). The first-order chi connectivity index (χ1) is 14.4. The van der Waals surface area contributed by atoms with Crippen LogP contribution in [0.2, 0.25) is 5.02 Å². The zero-order valence-electron chi connectivity index (χ0n) is 17.5. The zero-order valence-corrected chi connectivity index (χ0v) is 18.3. The summed E-state index contributed by atoms with van der Waals surface area (Å²) in [6, 6.07) is 11.7. The molecular weight excluding hydrogens is 396 g/mol. The summed E-state index contributed by atoms with van der Waals surface area (Å²) in [5.41, 5.74) is 3.40. The molecule has 1 aliphatic heterocycles. The van der Waals surface area contributed by atoms with Crippen molar-refractivity contribution in [2.45, 2.75) is 44.9 Å². The molecule has 0 spiro atoms. The van der Waals surface area contributed by atoms with Gasteiger partial charge in [-0.05, 0) is 62.4 Å². The molecule has 0 atom stereocenters. The van der Waals surface area contributed by atoms with E-state index >= 15 is 0 Å². The lowest BCUT2D eigenvalue weighted by Crippen LogP contribution is -2.49. The molecule has 0 unspecified atom stereocenters. The Morgan fingerprint density at radius 1 is 1.27 bits per heavy atom. The topological polar surface area (TPSA) is 69.0 Å². The number of aromatic nitrogens is 1. The minimum atomic E-state index is -0.398. The summed E-state index contributed by atoms with van der Waals surface area (Å²) in [6.45, 7) is 6.28. The quantitative estimate of drug-likeness (QED) is 0.776. The molecule has 2 aromatic rings. The summed E-state index contributed by atoms with van der Waals surface area (Å²) in [7, 11) is 0. The highest BCUT2D eigenvalue weighted by molar-refractivity contribution is 6.30. The van der Waals surface area contributed by atoms with Crippen LogP contribution in [0.3, 0.4) is 0 Å². The number of anilines is 1. The van der Waals surface area contributed by atoms with E-state index in [2.05, 4.69) is 41.2 Å². The minimum absolute atomic E-state index is 0.00304. The summed E-state index contributed by atoms with van der Waals surface area (Å²) in [5.74, 6) is 0.124. The SMILES string of the molecule is Cc1cccnc1C1(CNC(=O)C2(C)CCN(c3ccc(Cl)cc3C#N)CC2)CC1. The number of carbonyl (C=O) groups is 1. The zero-order chi connectivity index (χ0) is 21.4. The fraction of sp³-hybridized carbons (Fsp3) is 0.458. The molecule has 0 bridgehead atoms. The fourth-order valence-electron chi connectivity index (χ4n) is 4.49. The van der Waals surface area contributed by atoms with Gasteiger partial charge in [0, 0.05) is 41.7 Å². The van der Waals surface area contributed by atoms with E-state index in [-0.39, 0.29) is 11.3 Å². The first-order valence-electron chi connectivity index (χ1n) is 10.5. The van der Waals surface area contributed by atoms with Crippen LogP contribution in [0.5, 0.6) is 0 Å². The first-order valence-corrected chi connectivity index (χ1v) is 10.9. The van der Waals surface area contributed by atoms with Gasteiger partial charge >= 0.3 is 0 Å². The van der Waals surface area contributed by atoms with E-state index in [4.69, 9.17) is 11.6 Å². The number of aryl methyl sites for hydroxylation is 1. The van der Waals surface area contributed by atoms with Crippen molar-refractivity contribution in [3.05, 3.63) is 58.4 Å². The van der Waals surface area contributed by atoms with Gasteiger partial charge in [-0.2, -0.15) is 5.26 Å². The number of piperidine rings is 1. The summed E-state index contributed by atoms with van der Waals surface area (Å²) in [5, 5.41) is 13.2. The second kappa shape index (κ2) is 7.92. The monoisotopic (exact) mass is 422 g/mol. The first kappa shape index (κ1) is 20.7. The number of hydrogen-bond acceptors (Lipinski definition) is 4. The number of benzene rings is 1. The molecule has 1 saturated heterocycles. The molecule has 30 heavy (non-hydrogen) atoms. The molecule has 156 valence electrons. The number of nitriles is 1. The van der Waals surface area contributed by atoms with Crippen molar-refractivity contribution >= 4 is 23.2 Å². The van der Waals surface area contributed by atoms with Crippen LogP contribution in [0, 0.1) is 23.7 Å². The molecule has 2 aliphatic rings. The molecule has 1 amide bonds. The van der Waals surface area contributed by atoms with E-state index in [1.165, 1.54) is 5.56 Å². The van der Waals surface area contributed by atoms with E-state index in [1.807, 2.05) is 24.4 Å². The molecule has 1 aromatic carbocycles. The van der Waals surface area contributed by atoms with Crippen LogP contribution in [0.1, 0.15) is 49.4 Å². The Hall–Kier alpha value is -2.58. The van der Waals surface area contributed by atoms with Crippen LogP contribution in [0.25, 0.3) is 0 Å². The number of hydrogen-bond donors (Lipinski definition) is 1. The van der Waals surface area contributed by atoms with Gasteiger partial charge in [0.25, 0.3) is 0 Å². The minimum Gasteiger partial charge on any atom is -0.370 e. The Labute approximate surface area is 183 Å². The van der Waals surface area contributed by atoms with Gasteiger partial charge in [0.2, 0.25) is 5.91 Å². The van der Waals surface area contributed by atoms with Gasteiger partial charge < -0.3 is 10.2 Å². The largest absolute Gasteiger partial charge is 0.370 e. The normalized spacial score (nSPS) is 19.1. The highest BCUT2D eigenvalue weighted by Crippen LogP contribution is 2.48. The van der Waals surface area contributed by atoms with Crippen molar-refractivity contribution in [1.29, 1.82) is 5.26 Å². The van der Waals surface area contributed by atoms with Crippen LogP contribution >= 0.6 is 11.6 Å². The van der Waals surface area contributed by atoms with E-state index < -0.39 is 5.41 Å². The van der Waals surface area contributed by atoms with Crippen LogP contribution in [0.15, 0.2) is 36.5 Å². The molecule has 0 radical (unpaired) electrons. The van der Waals surface area contributed by atoms with Gasteiger partial charge in [-0.3, -0.25) is 9.78 Å². The highest BCUT2D eigenvalue weighted by Gasteiger charge is 2.47. The Kier molecular flexibility index (Phi) is 5.46. The summed E-state index contributed by atoms with van der Waals surface area (Å²) < 4.78 is 0. The number of nitrogens with one attached hydrogen (secondary N) is 1. The van der Waals surface area contributed by atoms with Gasteiger partial charge in [0.1, 0.15) is 6.07 Å². The number of amides is 1. The summed E-state index contributed by atoms with van der Waals surface area (Å²) in [6.07, 6.45) is 5.49. The number of halogens is 1. The molecule has 1 saturated carbocycles. The molecule has 5 nitrogen and oxygen atoms in total. The molecule has 1 aliphatic carbocycles. The van der Waals surface area contributed by atoms with Crippen LogP contribution in [0.4, 0.5) is 5.69 Å². The third-order valence-corrected chi connectivity index (χ3v) is 7.02. The average molecular weight is 423 g/mol. The van der Waals surface area contributed by atoms with Crippen LogP contribution in [-0.2, 0) is 10.2 Å². The van der Waals surface area contributed by atoms with Crippen LogP contribution < -0.4 is 10.2 Å². The third-order valence-electron chi connectivity index (χ3n) is 6.79. The Balaban J connectivity index is 1.38. The van der Waals surface area contributed by atoms with Crippen molar-refractivity contribution in [2.75, 3.05) is 24.5 Å². The van der Waals surface area contributed by atoms with E-state index in [0.29, 0.717) is 17.1 Å². The maximum absolute atomic E-state index is 13.1. The average Bonchev–Trinajstić information content (AvgIpc) is 3.54. The lowest BCUT2D eigenvalue weighted by molar-refractivity contribution is -0.131. The van der Waals surface area contributed by atoms with Gasteiger partial charge in [-0.25, -0.2) is 0 Å². The van der Waals surface area contributed by atoms with E-state index in [9.17, 15) is 10.1 Å². The lowest BCUT2D eigenvalue weighted by Gasteiger charge is -2.40. The predicted molar refractivity (Wildman–Crippen MR) is 119 cm³/mol. The molecule has 2 fully saturated rings. The second-order valence-corrected chi connectivity index (χ2v) is 9.39. The second-order valence-electron chi connectivity index (χ2n) is 8.95. The lowest BCUT2D eigenvalue weighted by atomic mass is 9.79. The molecular formula is C24H27ClN4O.